The molecule has 3 nitrogen and oxygen atoms in total. The first kappa shape index (κ1) is 14.0. The van der Waals surface area contributed by atoms with Gasteiger partial charge in [0.1, 0.15) is 5.82 Å². The minimum atomic E-state index is -0.292. The second-order valence-electron chi connectivity index (χ2n) is 5.77. The van der Waals surface area contributed by atoms with Gasteiger partial charge >= 0.3 is 0 Å². The van der Waals surface area contributed by atoms with Gasteiger partial charge in [-0.2, -0.15) is 0 Å². The molecule has 1 aliphatic heterocycles. The van der Waals surface area contributed by atoms with Crippen LogP contribution in [0.5, 0.6) is 0 Å². The van der Waals surface area contributed by atoms with Crippen LogP contribution in [0.4, 0.5) is 4.39 Å². The van der Waals surface area contributed by atoms with Gasteiger partial charge in [0.05, 0.1) is 0 Å². The molecule has 3 rings (SSSR count). The number of nitrogens with zero attached hydrogens (tertiary/aromatic N) is 1. The van der Waals surface area contributed by atoms with Gasteiger partial charge < -0.3 is 10.2 Å². The number of hydrogen-bond acceptors (Lipinski definition) is 2. The minimum absolute atomic E-state index is 0.124. The Bertz CT molecular complexity index is 671. The Labute approximate surface area is 123 Å². The van der Waals surface area contributed by atoms with E-state index in [1.807, 2.05) is 6.07 Å². The van der Waals surface area contributed by atoms with Crippen molar-refractivity contribution < 1.29 is 9.18 Å². The Morgan fingerprint density at radius 3 is 2.76 bits per heavy atom. The van der Waals surface area contributed by atoms with Gasteiger partial charge in [-0.1, -0.05) is 24.3 Å². The first-order valence-electron chi connectivity index (χ1n) is 7.29. The summed E-state index contributed by atoms with van der Waals surface area (Å²) in [5, 5.41) is 4.14. The Balaban J connectivity index is 1.77. The van der Waals surface area contributed by atoms with Crippen LogP contribution in [0.1, 0.15) is 16.8 Å². The van der Waals surface area contributed by atoms with Crippen molar-refractivity contribution in [2.75, 3.05) is 26.7 Å². The van der Waals surface area contributed by atoms with Gasteiger partial charge in [-0.05, 0) is 43.5 Å². The summed E-state index contributed by atoms with van der Waals surface area (Å²) in [6, 6.07) is 10.0. The fourth-order valence-electron chi connectivity index (χ4n) is 2.99. The average Bonchev–Trinajstić information content (AvgIpc) is 2.91. The van der Waals surface area contributed by atoms with Gasteiger partial charge in [-0.25, -0.2) is 4.39 Å². The summed E-state index contributed by atoms with van der Waals surface area (Å²) in [5.41, 5.74) is 0.540. The molecular weight excluding hydrogens is 267 g/mol. The molecule has 1 amide bonds. The second-order valence-corrected chi connectivity index (χ2v) is 5.77. The fraction of sp³-hybridized carbons (Fsp3) is 0.353. The molecule has 110 valence electrons. The standard InChI is InChI=1S/C17H19FN2O/c1-20-9-8-12(11-20)10-19-17(21)15-6-7-16(18)14-5-3-2-4-13(14)15/h2-7,12H,8-11H2,1H3,(H,19,21)/t12-/m0/s1. The molecule has 0 aliphatic carbocycles. The van der Waals surface area contributed by atoms with Crippen molar-refractivity contribution in [2.24, 2.45) is 5.92 Å². The van der Waals surface area contributed by atoms with Gasteiger partial charge in [0, 0.05) is 24.0 Å². The molecule has 1 aliphatic rings. The van der Waals surface area contributed by atoms with Gasteiger partial charge in [0.2, 0.25) is 0 Å². The molecule has 1 N–H and O–H groups in total. The van der Waals surface area contributed by atoms with E-state index in [0.717, 1.165) is 19.5 Å². The number of carbonyl (C=O) groups excluding carboxylic acids is 1. The van der Waals surface area contributed by atoms with Gasteiger partial charge in [0.15, 0.2) is 0 Å². The van der Waals surface area contributed by atoms with Crippen LogP contribution in [0.3, 0.4) is 0 Å². The Kier molecular flexibility index (Phi) is 3.88. The third-order valence-electron chi connectivity index (χ3n) is 4.16. The summed E-state index contributed by atoms with van der Waals surface area (Å²) in [6.07, 6.45) is 1.11. The Morgan fingerprint density at radius 2 is 2.05 bits per heavy atom. The van der Waals surface area contributed by atoms with E-state index in [2.05, 4.69) is 17.3 Å². The number of fused-ring (bicyclic) bond motifs is 1. The summed E-state index contributed by atoms with van der Waals surface area (Å²) >= 11 is 0. The van der Waals surface area contributed by atoms with E-state index in [1.54, 1.807) is 24.3 Å². The summed E-state index contributed by atoms with van der Waals surface area (Å²) in [6.45, 7) is 2.78. The first-order chi connectivity index (χ1) is 10.1. The summed E-state index contributed by atoms with van der Waals surface area (Å²) in [7, 11) is 2.09. The smallest absolute Gasteiger partial charge is 0.251 e. The van der Waals surface area contributed by atoms with Gasteiger partial charge in [-0.3, -0.25) is 4.79 Å². The van der Waals surface area contributed by atoms with Crippen LogP contribution in [0.25, 0.3) is 10.8 Å². The number of nitrogens with one attached hydrogen (secondary N) is 1. The maximum absolute atomic E-state index is 13.8. The minimum Gasteiger partial charge on any atom is -0.352 e. The van der Waals surface area contributed by atoms with Crippen molar-refractivity contribution in [2.45, 2.75) is 6.42 Å². The molecule has 0 spiro atoms. The lowest BCUT2D eigenvalue weighted by molar-refractivity contribution is 0.0949. The van der Waals surface area contributed by atoms with E-state index < -0.39 is 0 Å². The highest BCUT2D eigenvalue weighted by atomic mass is 19.1. The van der Waals surface area contributed by atoms with E-state index in [4.69, 9.17) is 0 Å². The Hall–Kier alpha value is -1.94. The highest BCUT2D eigenvalue weighted by molar-refractivity contribution is 6.07. The van der Waals surface area contributed by atoms with Crippen LogP contribution in [0, 0.1) is 11.7 Å². The number of carbonyl (C=O) groups is 1. The predicted octanol–water partition coefficient (Wildman–Crippen LogP) is 2.66. The summed E-state index contributed by atoms with van der Waals surface area (Å²) in [4.78, 5) is 14.6. The molecule has 0 aromatic heterocycles. The van der Waals surface area contributed by atoms with Gasteiger partial charge in [0.25, 0.3) is 5.91 Å². The topological polar surface area (TPSA) is 32.3 Å². The molecule has 2 aromatic carbocycles. The number of benzene rings is 2. The van der Waals surface area contributed by atoms with E-state index in [-0.39, 0.29) is 11.7 Å². The monoisotopic (exact) mass is 286 g/mol. The van der Waals surface area contributed by atoms with Crippen molar-refractivity contribution >= 4 is 16.7 Å². The van der Waals surface area contributed by atoms with Crippen molar-refractivity contribution in [1.82, 2.24) is 10.2 Å². The normalized spacial score (nSPS) is 19.0. The number of hydrogen-bond donors (Lipinski definition) is 1. The largest absolute Gasteiger partial charge is 0.352 e. The molecule has 0 unspecified atom stereocenters. The number of amides is 1. The molecule has 1 saturated heterocycles. The fourth-order valence-corrected chi connectivity index (χ4v) is 2.99. The van der Waals surface area contributed by atoms with Gasteiger partial charge in [-0.15, -0.1) is 0 Å². The maximum Gasteiger partial charge on any atom is 0.251 e. The highest BCUT2D eigenvalue weighted by Gasteiger charge is 2.20. The summed E-state index contributed by atoms with van der Waals surface area (Å²) in [5.74, 6) is 0.0889. The van der Waals surface area contributed by atoms with E-state index in [1.165, 1.54) is 6.07 Å². The highest BCUT2D eigenvalue weighted by Crippen LogP contribution is 2.22. The maximum atomic E-state index is 13.8. The van der Waals surface area contributed by atoms with Crippen LogP contribution in [-0.2, 0) is 0 Å². The molecule has 1 heterocycles. The van der Waals surface area contributed by atoms with Crippen molar-refractivity contribution in [1.29, 1.82) is 0 Å². The zero-order valence-corrected chi connectivity index (χ0v) is 12.1. The Morgan fingerprint density at radius 1 is 1.29 bits per heavy atom. The van der Waals surface area contributed by atoms with E-state index >= 15 is 0 Å². The van der Waals surface area contributed by atoms with Crippen LogP contribution in [-0.4, -0.2) is 37.5 Å². The van der Waals surface area contributed by atoms with Crippen molar-refractivity contribution in [3.63, 3.8) is 0 Å². The molecular formula is C17H19FN2O. The van der Waals surface area contributed by atoms with E-state index in [0.29, 0.717) is 28.8 Å². The molecule has 4 heteroatoms. The average molecular weight is 286 g/mol. The molecule has 1 fully saturated rings. The number of halogens is 1. The molecule has 1 atom stereocenters. The third-order valence-corrected chi connectivity index (χ3v) is 4.16. The summed E-state index contributed by atoms with van der Waals surface area (Å²) < 4.78 is 13.8. The van der Waals surface area contributed by atoms with Crippen LogP contribution in [0.2, 0.25) is 0 Å². The lowest BCUT2D eigenvalue weighted by Gasteiger charge is -2.13. The van der Waals surface area contributed by atoms with Crippen LogP contribution >= 0.6 is 0 Å². The van der Waals surface area contributed by atoms with Crippen LogP contribution < -0.4 is 5.32 Å². The zero-order valence-electron chi connectivity index (χ0n) is 12.1. The third kappa shape index (κ3) is 2.90. The van der Waals surface area contributed by atoms with E-state index in [9.17, 15) is 9.18 Å². The molecule has 0 bridgehead atoms. The van der Waals surface area contributed by atoms with Crippen molar-refractivity contribution in [3.8, 4) is 0 Å². The SMILES string of the molecule is CN1CC[C@@H](CNC(=O)c2ccc(F)c3ccccc23)C1. The number of likely N-dealkylation sites (tertiary alicyclic amines) is 1. The second kappa shape index (κ2) is 5.82. The lowest BCUT2D eigenvalue weighted by Crippen LogP contribution is -2.30. The predicted molar refractivity (Wildman–Crippen MR) is 81.8 cm³/mol. The van der Waals surface area contributed by atoms with Crippen molar-refractivity contribution in [3.05, 3.63) is 47.8 Å². The van der Waals surface area contributed by atoms with Crippen LogP contribution in [0.15, 0.2) is 36.4 Å². The quantitative estimate of drug-likeness (QED) is 0.941. The molecule has 0 saturated carbocycles. The molecule has 21 heavy (non-hydrogen) atoms. The molecule has 2 aromatic rings. The lowest BCUT2D eigenvalue weighted by atomic mass is 10.0. The first-order valence-corrected chi connectivity index (χ1v) is 7.29. The molecule has 0 radical (unpaired) electrons. The number of rotatable bonds is 3. The zero-order chi connectivity index (χ0) is 14.8.